The van der Waals surface area contributed by atoms with Crippen LogP contribution in [0, 0.1) is 6.92 Å². The summed E-state index contributed by atoms with van der Waals surface area (Å²) in [6.07, 6.45) is 1.48. The minimum atomic E-state index is 0.343. The van der Waals surface area contributed by atoms with Crippen molar-refractivity contribution in [1.29, 1.82) is 0 Å². The molecular formula is C13H18N2O. The molecule has 2 aliphatic rings. The highest BCUT2D eigenvalue weighted by Gasteiger charge is 2.46. The number of nitrogens with two attached hydrogens (primary N) is 1. The van der Waals surface area contributed by atoms with Gasteiger partial charge in [-0.1, -0.05) is 12.1 Å². The van der Waals surface area contributed by atoms with Crippen LogP contribution in [0.3, 0.4) is 0 Å². The Hall–Kier alpha value is -1.06. The van der Waals surface area contributed by atoms with Gasteiger partial charge in [0.05, 0.1) is 24.8 Å². The monoisotopic (exact) mass is 218 g/mol. The summed E-state index contributed by atoms with van der Waals surface area (Å²) in [4.78, 5) is 2.46. The Labute approximate surface area is 96.2 Å². The molecule has 0 spiro atoms. The van der Waals surface area contributed by atoms with E-state index in [-0.39, 0.29) is 0 Å². The smallest absolute Gasteiger partial charge is 0.0812 e. The number of hydrogen-bond donors (Lipinski definition) is 1. The van der Waals surface area contributed by atoms with Gasteiger partial charge in [-0.15, -0.1) is 0 Å². The summed E-state index contributed by atoms with van der Waals surface area (Å²) in [5.41, 5.74) is 8.46. The number of nitrogens with zero attached hydrogens (tertiary/aromatic N) is 1. The van der Waals surface area contributed by atoms with Gasteiger partial charge in [-0.25, -0.2) is 0 Å². The predicted molar refractivity (Wildman–Crippen MR) is 64.6 cm³/mol. The lowest BCUT2D eigenvalue weighted by Gasteiger charge is -2.36. The Bertz CT molecular complexity index is 393. The number of fused-ring (bicyclic) bond motifs is 2. The fourth-order valence-electron chi connectivity index (χ4n) is 3.01. The lowest BCUT2D eigenvalue weighted by molar-refractivity contribution is 0.0720. The first-order chi connectivity index (χ1) is 7.79. The van der Waals surface area contributed by atoms with Crippen molar-refractivity contribution in [3.05, 3.63) is 29.8 Å². The third-order valence-corrected chi connectivity index (χ3v) is 3.73. The molecule has 3 rings (SSSR count). The molecule has 86 valence electrons. The first-order valence-corrected chi connectivity index (χ1v) is 5.96. The Balaban J connectivity index is 1.94. The topological polar surface area (TPSA) is 38.5 Å². The lowest BCUT2D eigenvalue weighted by atomic mass is 10.1. The average molecular weight is 218 g/mol. The van der Waals surface area contributed by atoms with E-state index in [1.807, 2.05) is 0 Å². The van der Waals surface area contributed by atoms with Gasteiger partial charge in [0.25, 0.3) is 0 Å². The van der Waals surface area contributed by atoms with E-state index >= 15 is 0 Å². The molecule has 2 heterocycles. The zero-order valence-electron chi connectivity index (χ0n) is 9.60. The zero-order chi connectivity index (χ0) is 11.1. The Morgan fingerprint density at radius 3 is 3.12 bits per heavy atom. The SMILES string of the molecule is Cc1cccc(N2C3COC(C3)C2CN)c1. The van der Waals surface area contributed by atoms with Crippen molar-refractivity contribution in [1.82, 2.24) is 0 Å². The molecule has 16 heavy (non-hydrogen) atoms. The second-order valence-electron chi connectivity index (χ2n) is 4.81. The molecule has 0 aliphatic carbocycles. The van der Waals surface area contributed by atoms with Gasteiger partial charge in [-0.3, -0.25) is 0 Å². The number of morpholine rings is 1. The van der Waals surface area contributed by atoms with Crippen LogP contribution in [0.4, 0.5) is 5.69 Å². The summed E-state index contributed by atoms with van der Waals surface area (Å²) in [6, 6.07) is 9.55. The Kier molecular flexibility index (Phi) is 2.37. The molecule has 1 aromatic carbocycles. The number of aryl methyl sites for hydroxylation is 1. The van der Waals surface area contributed by atoms with Crippen LogP contribution >= 0.6 is 0 Å². The normalized spacial score (nSPS) is 32.4. The summed E-state index contributed by atoms with van der Waals surface area (Å²) >= 11 is 0. The van der Waals surface area contributed by atoms with Crippen LogP contribution in [0.15, 0.2) is 24.3 Å². The third-order valence-electron chi connectivity index (χ3n) is 3.73. The molecule has 0 saturated carbocycles. The maximum absolute atomic E-state index is 5.86. The van der Waals surface area contributed by atoms with E-state index in [0.717, 1.165) is 13.0 Å². The van der Waals surface area contributed by atoms with E-state index in [1.54, 1.807) is 0 Å². The van der Waals surface area contributed by atoms with E-state index in [4.69, 9.17) is 10.5 Å². The van der Waals surface area contributed by atoms with Gasteiger partial charge in [0, 0.05) is 12.2 Å². The van der Waals surface area contributed by atoms with Crippen molar-refractivity contribution in [2.45, 2.75) is 31.5 Å². The molecule has 3 unspecified atom stereocenters. The van der Waals surface area contributed by atoms with E-state index in [0.29, 0.717) is 24.7 Å². The molecule has 0 amide bonds. The third kappa shape index (κ3) is 1.43. The Morgan fingerprint density at radius 1 is 1.50 bits per heavy atom. The molecule has 2 N–H and O–H groups in total. The van der Waals surface area contributed by atoms with Crippen LogP contribution < -0.4 is 10.6 Å². The van der Waals surface area contributed by atoms with Crippen LogP contribution in [-0.4, -0.2) is 31.3 Å². The van der Waals surface area contributed by atoms with Crippen molar-refractivity contribution < 1.29 is 4.74 Å². The van der Waals surface area contributed by atoms with Crippen molar-refractivity contribution in [2.24, 2.45) is 5.73 Å². The van der Waals surface area contributed by atoms with Gasteiger partial charge in [0.15, 0.2) is 0 Å². The van der Waals surface area contributed by atoms with Gasteiger partial charge in [-0.05, 0) is 31.0 Å². The van der Waals surface area contributed by atoms with Gasteiger partial charge >= 0.3 is 0 Å². The molecule has 2 bridgehead atoms. The minimum absolute atomic E-state index is 0.343. The number of hydrogen-bond acceptors (Lipinski definition) is 3. The Morgan fingerprint density at radius 2 is 2.38 bits per heavy atom. The molecule has 2 saturated heterocycles. The summed E-state index contributed by atoms with van der Waals surface area (Å²) in [7, 11) is 0. The van der Waals surface area contributed by atoms with Crippen molar-refractivity contribution >= 4 is 5.69 Å². The van der Waals surface area contributed by atoms with E-state index < -0.39 is 0 Å². The fourth-order valence-corrected chi connectivity index (χ4v) is 3.01. The van der Waals surface area contributed by atoms with Crippen LogP contribution in [0.25, 0.3) is 0 Å². The molecule has 3 atom stereocenters. The number of ether oxygens (including phenoxy) is 1. The maximum atomic E-state index is 5.86. The quantitative estimate of drug-likeness (QED) is 0.813. The lowest BCUT2D eigenvalue weighted by Crippen LogP contribution is -2.49. The van der Waals surface area contributed by atoms with Crippen LogP contribution in [0.1, 0.15) is 12.0 Å². The molecule has 2 aliphatic heterocycles. The highest BCUT2D eigenvalue weighted by Crippen LogP contribution is 2.37. The van der Waals surface area contributed by atoms with E-state index in [9.17, 15) is 0 Å². The molecule has 1 aromatic rings. The minimum Gasteiger partial charge on any atom is -0.374 e. The zero-order valence-corrected chi connectivity index (χ0v) is 9.60. The van der Waals surface area contributed by atoms with Crippen molar-refractivity contribution in [2.75, 3.05) is 18.1 Å². The average Bonchev–Trinajstić information content (AvgIpc) is 2.88. The first kappa shape index (κ1) is 10.1. The molecule has 3 heteroatoms. The number of anilines is 1. The molecule has 0 aromatic heterocycles. The van der Waals surface area contributed by atoms with Gasteiger partial charge < -0.3 is 15.4 Å². The summed E-state index contributed by atoms with van der Waals surface area (Å²) in [5.74, 6) is 0. The highest BCUT2D eigenvalue weighted by molar-refractivity contribution is 5.52. The van der Waals surface area contributed by atoms with E-state index in [2.05, 4.69) is 36.1 Å². The highest BCUT2D eigenvalue weighted by atomic mass is 16.5. The standard InChI is InChI=1S/C13H18N2O/c1-9-3-2-4-10(5-9)15-11-6-13(16-8-11)12(15)7-14/h2-5,11-13H,6-8,14H2,1H3. The first-order valence-electron chi connectivity index (χ1n) is 5.96. The summed E-state index contributed by atoms with van der Waals surface area (Å²) in [5, 5.41) is 0. The van der Waals surface area contributed by atoms with Crippen molar-refractivity contribution in [3.63, 3.8) is 0 Å². The number of rotatable bonds is 2. The molecular weight excluding hydrogens is 200 g/mol. The van der Waals surface area contributed by atoms with Gasteiger partial charge in [0.2, 0.25) is 0 Å². The number of benzene rings is 1. The van der Waals surface area contributed by atoms with E-state index in [1.165, 1.54) is 11.3 Å². The maximum Gasteiger partial charge on any atom is 0.0812 e. The summed E-state index contributed by atoms with van der Waals surface area (Å²) in [6.45, 7) is 3.66. The fraction of sp³-hybridized carbons (Fsp3) is 0.538. The van der Waals surface area contributed by atoms with Gasteiger partial charge in [0.1, 0.15) is 0 Å². The molecule has 2 fully saturated rings. The largest absolute Gasteiger partial charge is 0.374 e. The van der Waals surface area contributed by atoms with Crippen LogP contribution in [-0.2, 0) is 4.74 Å². The predicted octanol–water partition coefficient (Wildman–Crippen LogP) is 1.30. The van der Waals surface area contributed by atoms with Crippen molar-refractivity contribution in [3.8, 4) is 0 Å². The summed E-state index contributed by atoms with van der Waals surface area (Å²) < 4.78 is 5.72. The van der Waals surface area contributed by atoms with Crippen LogP contribution in [0.5, 0.6) is 0 Å². The molecule has 3 nitrogen and oxygen atoms in total. The van der Waals surface area contributed by atoms with Gasteiger partial charge in [-0.2, -0.15) is 0 Å². The second-order valence-corrected chi connectivity index (χ2v) is 4.81. The van der Waals surface area contributed by atoms with Crippen LogP contribution in [0.2, 0.25) is 0 Å². The second kappa shape index (κ2) is 3.75. The molecule has 0 radical (unpaired) electrons.